The van der Waals surface area contributed by atoms with E-state index in [1.807, 2.05) is 34.9 Å². The highest BCUT2D eigenvalue weighted by Crippen LogP contribution is 2.29. The average molecular weight is 292 g/mol. The van der Waals surface area contributed by atoms with Crippen LogP contribution in [0, 0.1) is 0 Å². The van der Waals surface area contributed by atoms with Crippen molar-refractivity contribution >= 4 is 22.8 Å². The van der Waals surface area contributed by atoms with Gasteiger partial charge in [0, 0.05) is 18.0 Å². The number of para-hydroxylation sites is 1. The summed E-state index contributed by atoms with van der Waals surface area (Å²) in [7, 11) is 0. The maximum Gasteiger partial charge on any atom is 0.282 e. The summed E-state index contributed by atoms with van der Waals surface area (Å²) < 4.78 is 1.85. The molecule has 1 aliphatic rings. The van der Waals surface area contributed by atoms with Gasteiger partial charge in [-0.15, -0.1) is 0 Å². The first-order valence-electron chi connectivity index (χ1n) is 6.75. The van der Waals surface area contributed by atoms with E-state index in [2.05, 4.69) is 20.3 Å². The fourth-order valence-corrected chi connectivity index (χ4v) is 2.61. The number of nitrogens with two attached hydrogens (primary N) is 1. The molecular weight excluding hydrogens is 280 g/mol. The van der Waals surface area contributed by atoms with E-state index in [4.69, 9.17) is 5.73 Å². The van der Waals surface area contributed by atoms with E-state index in [9.17, 15) is 4.79 Å². The van der Waals surface area contributed by atoms with Gasteiger partial charge in [-0.1, -0.05) is 18.2 Å². The van der Waals surface area contributed by atoms with Crippen LogP contribution in [-0.2, 0) is 0 Å². The molecule has 3 aromatic rings. The summed E-state index contributed by atoms with van der Waals surface area (Å²) in [5.74, 6) is 0.598. The van der Waals surface area contributed by atoms with Crippen LogP contribution < -0.4 is 16.6 Å². The second-order valence-corrected chi connectivity index (χ2v) is 4.93. The van der Waals surface area contributed by atoms with Gasteiger partial charge in [0.25, 0.3) is 5.56 Å². The molecule has 7 nitrogen and oxygen atoms in total. The summed E-state index contributed by atoms with van der Waals surface area (Å²) >= 11 is 0. The number of nitrogens with one attached hydrogen (secondary N) is 1. The first kappa shape index (κ1) is 12.5. The van der Waals surface area contributed by atoms with Crippen molar-refractivity contribution in [2.75, 3.05) is 5.32 Å². The van der Waals surface area contributed by atoms with E-state index in [0.717, 1.165) is 11.1 Å². The van der Waals surface area contributed by atoms with Gasteiger partial charge in [-0.25, -0.2) is 4.99 Å². The van der Waals surface area contributed by atoms with Gasteiger partial charge >= 0.3 is 0 Å². The van der Waals surface area contributed by atoms with Crippen molar-refractivity contribution < 1.29 is 0 Å². The molecule has 0 fully saturated rings. The molecule has 1 aliphatic heterocycles. The summed E-state index contributed by atoms with van der Waals surface area (Å²) in [6.07, 6.45) is 3.01. The van der Waals surface area contributed by atoms with Crippen molar-refractivity contribution in [1.29, 1.82) is 0 Å². The molecule has 4 rings (SSSR count). The van der Waals surface area contributed by atoms with Crippen LogP contribution in [0.1, 0.15) is 11.7 Å². The smallest absolute Gasteiger partial charge is 0.282 e. The molecule has 1 aromatic carbocycles. The molecule has 0 bridgehead atoms. The predicted octanol–water partition coefficient (Wildman–Crippen LogP) is 1.08. The molecule has 2 aromatic heterocycles. The van der Waals surface area contributed by atoms with Crippen molar-refractivity contribution in [2.45, 2.75) is 6.17 Å². The molecule has 108 valence electrons. The highest BCUT2D eigenvalue weighted by atomic mass is 16.1. The van der Waals surface area contributed by atoms with E-state index in [1.165, 1.54) is 0 Å². The van der Waals surface area contributed by atoms with Crippen molar-refractivity contribution in [3.05, 3.63) is 64.7 Å². The lowest BCUT2D eigenvalue weighted by Gasteiger charge is -2.26. The van der Waals surface area contributed by atoms with Gasteiger partial charge < -0.3 is 5.73 Å². The minimum atomic E-state index is -0.414. The van der Waals surface area contributed by atoms with Crippen LogP contribution in [0.3, 0.4) is 0 Å². The Morgan fingerprint density at radius 3 is 2.86 bits per heavy atom. The summed E-state index contributed by atoms with van der Waals surface area (Å²) in [6.45, 7) is 0. The molecular formula is C15H12N6O. The molecule has 0 saturated carbocycles. The maximum absolute atomic E-state index is 12.1. The third-order valence-corrected chi connectivity index (χ3v) is 3.56. The highest BCUT2D eigenvalue weighted by molar-refractivity contribution is 5.93. The number of anilines is 1. The summed E-state index contributed by atoms with van der Waals surface area (Å²) in [4.78, 5) is 24.8. The summed E-state index contributed by atoms with van der Waals surface area (Å²) in [5.41, 5.74) is 7.15. The summed E-state index contributed by atoms with van der Waals surface area (Å²) in [6, 6.07) is 11.0. The molecule has 0 radical (unpaired) electrons. The van der Waals surface area contributed by atoms with Crippen LogP contribution in [0.5, 0.6) is 0 Å². The zero-order chi connectivity index (χ0) is 15.1. The molecule has 0 spiro atoms. The maximum atomic E-state index is 12.1. The molecule has 1 unspecified atom stereocenters. The lowest BCUT2D eigenvalue weighted by molar-refractivity contribution is 0.613. The number of nitrogens with zero attached hydrogens (tertiary/aromatic N) is 4. The minimum Gasteiger partial charge on any atom is -0.370 e. The zero-order valence-electron chi connectivity index (χ0n) is 11.5. The van der Waals surface area contributed by atoms with Crippen LogP contribution in [0.15, 0.2) is 58.6 Å². The van der Waals surface area contributed by atoms with Crippen molar-refractivity contribution in [3.8, 4) is 0 Å². The standard InChI is InChI=1S/C15H12N6O/c16-14-18-12(9-4-3-7-17-8-9)21-11-6-2-1-5-10(11)13(22)19-15(21)20-14/h1-8,12H,(H3,16,18,19,20,22). The number of aliphatic imine (C=N–C) groups is 1. The van der Waals surface area contributed by atoms with Gasteiger partial charge in [0.15, 0.2) is 12.1 Å². The quantitative estimate of drug-likeness (QED) is 0.699. The first-order chi connectivity index (χ1) is 10.7. The second-order valence-electron chi connectivity index (χ2n) is 4.93. The van der Waals surface area contributed by atoms with Crippen LogP contribution >= 0.6 is 0 Å². The highest BCUT2D eigenvalue weighted by Gasteiger charge is 2.24. The lowest BCUT2D eigenvalue weighted by atomic mass is 10.2. The zero-order valence-corrected chi connectivity index (χ0v) is 11.5. The lowest BCUT2D eigenvalue weighted by Crippen LogP contribution is -2.34. The number of hydrogen-bond donors (Lipinski definition) is 2. The number of pyridine rings is 1. The fraction of sp³-hybridized carbons (Fsp3) is 0.0667. The number of fused-ring (bicyclic) bond motifs is 3. The Balaban J connectivity index is 2.06. The number of hydrogen-bond acceptors (Lipinski definition) is 6. The molecule has 3 N–H and O–H groups in total. The van der Waals surface area contributed by atoms with E-state index in [-0.39, 0.29) is 11.5 Å². The number of rotatable bonds is 1. The summed E-state index contributed by atoms with van der Waals surface area (Å²) in [5, 5.41) is 3.39. The largest absolute Gasteiger partial charge is 0.370 e. The van der Waals surface area contributed by atoms with Crippen LogP contribution in [0.4, 0.5) is 5.95 Å². The van der Waals surface area contributed by atoms with E-state index in [0.29, 0.717) is 11.3 Å². The Hall–Kier alpha value is -3.22. The molecule has 7 heteroatoms. The SMILES string of the molecule is NC1=NC(c2cccnc2)n2c(nc(=O)c3ccccc32)N1. The molecule has 0 aliphatic carbocycles. The Kier molecular flexibility index (Phi) is 2.65. The number of aromatic nitrogens is 3. The third-order valence-electron chi connectivity index (χ3n) is 3.56. The Morgan fingerprint density at radius 2 is 2.05 bits per heavy atom. The normalized spacial score (nSPS) is 16.7. The van der Waals surface area contributed by atoms with Crippen molar-refractivity contribution in [3.63, 3.8) is 0 Å². The molecule has 3 heterocycles. The first-order valence-corrected chi connectivity index (χ1v) is 6.75. The predicted molar refractivity (Wildman–Crippen MR) is 83.6 cm³/mol. The third kappa shape index (κ3) is 1.83. The minimum absolute atomic E-state index is 0.219. The van der Waals surface area contributed by atoms with E-state index in [1.54, 1.807) is 18.5 Å². The van der Waals surface area contributed by atoms with Gasteiger partial charge in [-0.2, -0.15) is 4.98 Å². The van der Waals surface area contributed by atoms with Gasteiger partial charge in [0.05, 0.1) is 10.9 Å². The average Bonchev–Trinajstić information content (AvgIpc) is 2.55. The monoisotopic (exact) mass is 292 g/mol. The van der Waals surface area contributed by atoms with Crippen LogP contribution in [-0.4, -0.2) is 20.5 Å². The van der Waals surface area contributed by atoms with E-state index < -0.39 is 6.17 Å². The fourth-order valence-electron chi connectivity index (χ4n) is 2.61. The van der Waals surface area contributed by atoms with E-state index >= 15 is 0 Å². The number of guanidine groups is 1. The molecule has 1 atom stereocenters. The van der Waals surface area contributed by atoms with Gasteiger partial charge in [0.1, 0.15) is 0 Å². The van der Waals surface area contributed by atoms with Crippen LogP contribution in [0.25, 0.3) is 10.9 Å². The van der Waals surface area contributed by atoms with Crippen molar-refractivity contribution in [2.24, 2.45) is 10.7 Å². The molecule has 0 saturated heterocycles. The van der Waals surface area contributed by atoms with Gasteiger partial charge in [0.2, 0.25) is 5.95 Å². The Bertz CT molecular complexity index is 947. The Labute approximate surface area is 125 Å². The number of benzene rings is 1. The van der Waals surface area contributed by atoms with Gasteiger partial charge in [-0.05, 0) is 18.2 Å². The molecule has 22 heavy (non-hydrogen) atoms. The van der Waals surface area contributed by atoms with Gasteiger partial charge in [-0.3, -0.25) is 19.7 Å². The van der Waals surface area contributed by atoms with Crippen molar-refractivity contribution in [1.82, 2.24) is 14.5 Å². The topological polar surface area (TPSA) is 98.2 Å². The molecule has 0 amide bonds. The Morgan fingerprint density at radius 1 is 1.18 bits per heavy atom. The van der Waals surface area contributed by atoms with Crippen LogP contribution in [0.2, 0.25) is 0 Å². The second kappa shape index (κ2) is 4.66.